The van der Waals surface area contributed by atoms with Gasteiger partial charge in [-0.25, -0.2) is 0 Å². The molecule has 1 rings (SSSR count). The van der Waals surface area contributed by atoms with E-state index in [1.54, 1.807) is 13.0 Å². The fourth-order valence-electron chi connectivity index (χ4n) is 1.79. The lowest BCUT2D eigenvalue weighted by Crippen LogP contribution is -2.27. The van der Waals surface area contributed by atoms with E-state index >= 15 is 0 Å². The molecule has 1 atom stereocenters. The van der Waals surface area contributed by atoms with Crippen LogP contribution in [0.1, 0.15) is 24.2 Å². The normalized spacial score (nSPS) is 11.4. The van der Waals surface area contributed by atoms with Gasteiger partial charge in [0.1, 0.15) is 0 Å². The Morgan fingerprint density at radius 2 is 2.26 bits per heavy atom. The molecule has 0 radical (unpaired) electrons. The third-order valence-corrected chi connectivity index (χ3v) is 2.80. The number of carbonyl (C=O) groups excluding carboxylic acids is 1. The summed E-state index contributed by atoms with van der Waals surface area (Å²) >= 11 is 0. The number of aldehydes is 1. The van der Waals surface area contributed by atoms with Crippen LogP contribution in [-0.4, -0.2) is 24.3 Å². The molecule has 1 aromatic rings. The summed E-state index contributed by atoms with van der Waals surface area (Å²) in [5, 5.41) is 19.6. The van der Waals surface area contributed by atoms with Crippen LogP contribution in [0.25, 0.3) is 0 Å². The highest BCUT2D eigenvalue weighted by Gasteiger charge is 2.16. The lowest BCUT2D eigenvalue weighted by atomic mass is 10.1. The maximum Gasteiger partial charge on any atom is 0.280 e. The highest BCUT2D eigenvalue weighted by Crippen LogP contribution is 2.24. The molecule has 0 saturated carbocycles. The van der Waals surface area contributed by atoms with Crippen molar-refractivity contribution in [1.29, 1.82) is 5.26 Å². The van der Waals surface area contributed by atoms with E-state index < -0.39 is 4.92 Å². The fourth-order valence-corrected chi connectivity index (χ4v) is 1.79. The highest BCUT2D eigenvalue weighted by atomic mass is 16.6. The van der Waals surface area contributed by atoms with Crippen LogP contribution in [0.5, 0.6) is 0 Å². The molecule has 0 aliphatic carbocycles. The number of nitriles is 1. The van der Waals surface area contributed by atoms with Crippen molar-refractivity contribution in [1.82, 2.24) is 0 Å². The van der Waals surface area contributed by atoms with Crippen LogP contribution in [0.15, 0.2) is 18.2 Å². The maximum atomic E-state index is 10.9. The summed E-state index contributed by atoms with van der Waals surface area (Å²) in [6.07, 6.45) is 0.475. The second-order valence-electron chi connectivity index (χ2n) is 4.19. The number of carbonyl (C=O) groups is 1. The third-order valence-electron chi connectivity index (χ3n) is 2.80. The Morgan fingerprint density at radius 1 is 1.58 bits per heavy atom. The minimum absolute atomic E-state index is 0.0468. The molecule has 0 N–H and O–H groups in total. The van der Waals surface area contributed by atoms with Crippen molar-refractivity contribution in [3.63, 3.8) is 0 Å². The number of anilines is 1. The molecular weight excluding hydrogens is 246 g/mol. The van der Waals surface area contributed by atoms with Crippen LogP contribution < -0.4 is 4.90 Å². The molecule has 0 saturated heterocycles. The maximum absolute atomic E-state index is 10.9. The van der Waals surface area contributed by atoms with E-state index in [1.165, 1.54) is 12.1 Å². The van der Waals surface area contributed by atoms with Crippen molar-refractivity contribution in [2.24, 2.45) is 5.92 Å². The van der Waals surface area contributed by atoms with Crippen molar-refractivity contribution in [2.75, 3.05) is 18.0 Å². The molecule has 0 fully saturated rings. The van der Waals surface area contributed by atoms with Crippen molar-refractivity contribution >= 4 is 17.7 Å². The van der Waals surface area contributed by atoms with E-state index in [9.17, 15) is 14.9 Å². The number of rotatable bonds is 6. The van der Waals surface area contributed by atoms with Gasteiger partial charge >= 0.3 is 0 Å². The largest absolute Gasteiger partial charge is 0.370 e. The van der Waals surface area contributed by atoms with Crippen molar-refractivity contribution in [3.8, 4) is 6.07 Å². The molecule has 1 unspecified atom stereocenters. The first-order valence-electron chi connectivity index (χ1n) is 5.91. The van der Waals surface area contributed by atoms with Gasteiger partial charge in [-0.2, -0.15) is 5.26 Å². The highest BCUT2D eigenvalue weighted by molar-refractivity contribution is 5.83. The molecule has 1 aromatic carbocycles. The first-order chi connectivity index (χ1) is 9.03. The van der Waals surface area contributed by atoms with E-state index in [4.69, 9.17) is 5.26 Å². The molecule has 19 heavy (non-hydrogen) atoms. The van der Waals surface area contributed by atoms with Crippen molar-refractivity contribution in [3.05, 3.63) is 33.9 Å². The summed E-state index contributed by atoms with van der Waals surface area (Å²) in [7, 11) is 0. The van der Waals surface area contributed by atoms with Gasteiger partial charge in [0, 0.05) is 24.8 Å². The predicted octanol–water partition coefficient (Wildman–Crippen LogP) is 2.39. The first-order valence-corrected chi connectivity index (χ1v) is 5.91. The number of nitrogens with zero attached hydrogens (tertiary/aromatic N) is 3. The van der Waals surface area contributed by atoms with E-state index in [1.807, 2.05) is 11.8 Å². The van der Waals surface area contributed by atoms with Crippen LogP contribution in [0, 0.1) is 27.4 Å². The van der Waals surface area contributed by atoms with Gasteiger partial charge in [0.25, 0.3) is 5.69 Å². The van der Waals surface area contributed by atoms with Gasteiger partial charge < -0.3 is 4.90 Å². The monoisotopic (exact) mass is 261 g/mol. The van der Waals surface area contributed by atoms with E-state index in [2.05, 4.69) is 6.07 Å². The SMILES string of the molecule is CCN(CC(C)C#N)c1ccc([N+](=O)[O-])c(C=O)c1. The Hall–Kier alpha value is -2.42. The van der Waals surface area contributed by atoms with E-state index in [-0.39, 0.29) is 17.2 Å². The average molecular weight is 261 g/mol. The van der Waals surface area contributed by atoms with Gasteiger partial charge in [-0.3, -0.25) is 14.9 Å². The fraction of sp³-hybridized carbons (Fsp3) is 0.385. The average Bonchev–Trinajstić information content (AvgIpc) is 2.43. The number of nitro benzene ring substituents is 1. The van der Waals surface area contributed by atoms with Gasteiger partial charge in [-0.1, -0.05) is 0 Å². The molecule has 0 aliphatic heterocycles. The number of benzene rings is 1. The zero-order valence-corrected chi connectivity index (χ0v) is 10.9. The summed E-state index contributed by atoms with van der Waals surface area (Å²) in [6, 6.07) is 6.54. The topological polar surface area (TPSA) is 87.2 Å². The molecule has 100 valence electrons. The molecule has 0 aromatic heterocycles. The summed E-state index contributed by atoms with van der Waals surface area (Å²) in [4.78, 5) is 23.0. The van der Waals surface area contributed by atoms with Gasteiger partial charge in [0.05, 0.1) is 22.5 Å². The number of hydrogen-bond donors (Lipinski definition) is 0. The lowest BCUT2D eigenvalue weighted by molar-refractivity contribution is -0.385. The number of hydrogen-bond acceptors (Lipinski definition) is 5. The van der Waals surface area contributed by atoms with Gasteiger partial charge in [-0.15, -0.1) is 0 Å². The summed E-state index contributed by atoms with van der Waals surface area (Å²) in [6.45, 7) is 4.89. The Balaban J connectivity index is 3.10. The minimum atomic E-state index is -0.582. The van der Waals surface area contributed by atoms with Gasteiger partial charge in [-0.05, 0) is 26.0 Å². The smallest absolute Gasteiger partial charge is 0.280 e. The van der Waals surface area contributed by atoms with Gasteiger partial charge in [0.2, 0.25) is 0 Å². The zero-order chi connectivity index (χ0) is 14.4. The van der Waals surface area contributed by atoms with E-state index in [0.717, 1.165) is 0 Å². The molecular formula is C13H15N3O3. The number of nitro groups is 1. The van der Waals surface area contributed by atoms with Crippen LogP contribution in [0.3, 0.4) is 0 Å². The Kier molecular flexibility index (Phi) is 5.01. The van der Waals surface area contributed by atoms with Crippen LogP contribution in [0.4, 0.5) is 11.4 Å². The van der Waals surface area contributed by atoms with Crippen LogP contribution in [-0.2, 0) is 0 Å². The standard InChI is InChI=1S/C13H15N3O3/c1-3-15(8-10(2)7-14)12-4-5-13(16(18)19)11(6-12)9-17/h4-6,9-10H,3,8H2,1-2H3. The molecule has 6 nitrogen and oxygen atoms in total. The zero-order valence-electron chi connectivity index (χ0n) is 10.9. The lowest BCUT2D eigenvalue weighted by Gasteiger charge is -2.24. The second kappa shape index (κ2) is 6.50. The van der Waals surface area contributed by atoms with Crippen LogP contribution in [0.2, 0.25) is 0 Å². The quantitative estimate of drug-likeness (QED) is 0.445. The Labute approximate surface area is 111 Å². The van der Waals surface area contributed by atoms with Crippen LogP contribution >= 0.6 is 0 Å². The molecule has 0 aliphatic rings. The Morgan fingerprint density at radius 3 is 2.74 bits per heavy atom. The molecule has 6 heteroatoms. The predicted molar refractivity (Wildman–Crippen MR) is 71.1 cm³/mol. The summed E-state index contributed by atoms with van der Waals surface area (Å²) < 4.78 is 0. The molecule has 0 spiro atoms. The second-order valence-corrected chi connectivity index (χ2v) is 4.19. The minimum Gasteiger partial charge on any atom is -0.370 e. The molecule has 0 amide bonds. The molecule has 0 bridgehead atoms. The van der Waals surface area contributed by atoms with E-state index in [0.29, 0.717) is 25.1 Å². The third kappa shape index (κ3) is 3.52. The summed E-state index contributed by atoms with van der Waals surface area (Å²) in [5.41, 5.74) is 0.547. The van der Waals surface area contributed by atoms with Gasteiger partial charge in [0.15, 0.2) is 6.29 Å². The first kappa shape index (κ1) is 14.6. The van der Waals surface area contributed by atoms with Crippen molar-refractivity contribution < 1.29 is 9.72 Å². The summed E-state index contributed by atoms with van der Waals surface area (Å²) in [5.74, 6) is -0.158. The van der Waals surface area contributed by atoms with Crippen molar-refractivity contribution in [2.45, 2.75) is 13.8 Å². The Bertz CT molecular complexity index is 522. The molecule has 0 heterocycles.